The standard InChI is InChI=1S/C25H21NO4S/c1-29-24(27)23-17(13-15-31-23)8-6-7-14-26-25(28)30-16-22-20-11-4-2-9-18(20)19-10-3-5-12-21(19)22/h2-5,9-13,15,22H,7,14,16H2,1H3,(H,26,28). The summed E-state index contributed by atoms with van der Waals surface area (Å²) in [7, 11) is 1.34. The molecule has 0 fully saturated rings. The average Bonchev–Trinajstić information content (AvgIpc) is 3.39. The first kappa shape index (κ1) is 20.7. The van der Waals surface area contributed by atoms with Crippen molar-refractivity contribution >= 4 is 23.4 Å². The Morgan fingerprint density at radius 1 is 1.03 bits per heavy atom. The summed E-state index contributed by atoms with van der Waals surface area (Å²) in [6, 6.07) is 18.2. The summed E-state index contributed by atoms with van der Waals surface area (Å²) < 4.78 is 10.2. The van der Waals surface area contributed by atoms with Gasteiger partial charge in [-0.1, -0.05) is 60.4 Å². The van der Waals surface area contributed by atoms with E-state index in [-0.39, 0.29) is 12.5 Å². The number of nitrogens with one attached hydrogen (secondary N) is 1. The van der Waals surface area contributed by atoms with E-state index in [1.807, 2.05) is 24.3 Å². The fourth-order valence-electron chi connectivity index (χ4n) is 3.69. The second-order valence-electron chi connectivity index (χ2n) is 6.96. The Morgan fingerprint density at radius 3 is 2.39 bits per heavy atom. The molecule has 0 radical (unpaired) electrons. The van der Waals surface area contributed by atoms with Gasteiger partial charge in [-0.05, 0) is 33.7 Å². The van der Waals surface area contributed by atoms with Crippen molar-refractivity contribution in [1.29, 1.82) is 0 Å². The fraction of sp³-hybridized carbons (Fsp3) is 0.200. The molecule has 4 rings (SSSR count). The number of rotatable bonds is 5. The summed E-state index contributed by atoms with van der Waals surface area (Å²) in [5, 5.41) is 4.53. The van der Waals surface area contributed by atoms with Crippen molar-refractivity contribution in [2.24, 2.45) is 0 Å². The zero-order valence-corrected chi connectivity index (χ0v) is 17.8. The molecule has 0 unspecified atom stereocenters. The van der Waals surface area contributed by atoms with Crippen LogP contribution in [0.1, 0.15) is 38.7 Å². The third-order valence-corrected chi connectivity index (χ3v) is 6.02. The van der Waals surface area contributed by atoms with E-state index in [0.29, 0.717) is 23.4 Å². The van der Waals surface area contributed by atoms with E-state index in [2.05, 4.69) is 41.4 Å². The molecule has 31 heavy (non-hydrogen) atoms. The highest BCUT2D eigenvalue weighted by Crippen LogP contribution is 2.44. The molecule has 1 aromatic heterocycles. The highest BCUT2D eigenvalue weighted by molar-refractivity contribution is 7.12. The van der Waals surface area contributed by atoms with Gasteiger partial charge < -0.3 is 14.8 Å². The van der Waals surface area contributed by atoms with E-state index < -0.39 is 12.1 Å². The Hall–Kier alpha value is -3.56. The molecule has 1 amide bonds. The van der Waals surface area contributed by atoms with Gasteiger partial charge in [0.1, 0.15) is 11.5 Å². The van der Waals surface area contributed by atoms with E-state index in [1.54, 1.807) is 11.4 Å². The van der Waals surface area contributed by atoms with Crippen molar-refractivity contribution < 1.29 is 19.1 Å². The van der Waals surface area contributed by atoms with Crippen LogP contribution >= 0.6 is 11.3 Å². The van der Waals surface area contributed by atoms with Crippen molar-refractivity contribution in [2.45, 2.75) is 12.3 Å². The summed E-state index contributed by atoms with van der Waals surface area (Å²) >= 11 is 1.29. The minimum Gasteiger partial charge on any atom is -0.465 e. The van der Waals surface area contributed by atoms with Crippen LogP contribution in [0.15, 0.2) is 60.0 Å². The van der Waals surface area contributed by atoms with Gasteiger partial charge in [-0.2, -0.15) is 0 Å². The zero-order chi connectivity index (χ0) is 21.6. The maximum Gasteiger partial charge on any atom is 0.407 e. The number of ether oxygens (including phenoxy) is 2. The van der Waals surface area contributed by atoms with Crippen LogP contribution in [-0.4, -0.2) is 32.3 Å². The molecule has 0 bridgehead atoms. The van der Waals surface area contributed by atoms with Crippen molar-refractivity contribution in [2.75, 3.05) is 20.3 Å². The maximum atomic E-state index is 12.2. The fourth-order valence-corrected chi connectivity index (χ4v) is 4.46. The number of methoxy groups -OCH3 is 1. The van der Waals surface area contributed by atoms with E-state index in [0.717, 1.165) is 0 Å². The number of amides is 1. The van der Waals surface area contributed by atoms with E-state index >= 15 is 0 Å². The Bertz CT molecular complexity index is 1130. The van der Waals surface area contributed by atoms with E-state index in [1.165, 1.54) is 40.7 Å². The van der Waals surface area contributed by atoms with Crippen LogP contribution in [0.2, 0.25) is 0 Å². The summed E-state index contributed by atoms with van der Waals surface area (Å²) in [5.41, 5.74) is 5.39. The molecule has 1 N–H and O–H groups in total. The van der Waals surface area contributed by atoms with Gasteiger partial charge in [-0.25, -0.2) is 9.59 Å². The van der Waals surface area contributed by atoms with Gasteiger partial charge in [0.05, 0.1) is 7.11 Å². The molecule has 0 spiro atoms. The Balaban J connectivity index is 1.29. The molecular weight excluding hydrogens is 410 g/mol. The molecule has 1 heterocycles. The third kappa shape index (κ3) is 4.47. The molecule has 1 aliphatic rings. The molecule has 6 heteroatoms. The van der Waals surface area contributed by atoms with E-state index in [4.69, 9.17) is 9.47 Å². The van der Waals surface area contributed by atoms with Crippen LogP contribution in [0, 0.1) is 11.8 Å². The lowest BCUT2D eigenvalue weighted by Crippen LogP contribution is -2.26. The molecule has 2 aromatic carbocycles. The molecule has 1 aliphatic carbocycles. The lowest BCUT2D eigenvalue weighted by atomic mass is 9.98. The minimum atomic E-state index is -0.463. The van der Waals surface area contributed by atoms with Crippen LogP contribution in [-0.2, 0) is 9.47 Å². The normalized spacial score (nSPS) is 11.6. The van der Waals surface area contributed by atoms with Gasteiger partial charge in [0.25, 0.3) is 0 Å². The number of hydrogen-bond acceptors (Lipinski definition) is 5. The molecule has 156 valence electrons. The summed E-state index contributed by atoms with van der Waals surface area (Å²) in [6.07, 6.45) is -0.0184. The third-order valence-electron chi connectivity index (χ3n) is 5.12. The van der Waals surface area contributed by atoms with Crippen LogP contribution < -0.4 is 5.32 Å². The van der Waals surface area contributed by atoms with Gasteiger partial charge in [0.15, 0.2) is 0 Å². The Morgan fingerprint density at radius 2 is 1.71 bits per heavy atom. The monoisotopic (exact) mass is 431 g/mol. The number of carbonyl (C=O) groups excluding carboxylic acids is 2. The number of hydrogen-bond donors (Lipinski definition) is 1. The lowest BCUT2D eigenvalue weighted by Gasteiger charge is -2.14. The SMILES string of the molecule is COC(=O)c1sccc1C#CCCNC(=O)OCC1c2ccccc2-c2ccccc21. The summed E-state index contributed by atoms with van der Waals surface area (Å²) in [6.45, 7) is 0.643. The molecule has 0 atom stereocenters. The number of benzene rings is 2. The van der Waals surface area contributed by atoms with Crippen molar-refractivity contribution in [3.63, 3.8) is 0 Å². The highest BCUT2D eigenvalue weighted by atomic mass is 32.1. The quantitative estimate of drug-likeness (QED) is 0.358. The summed E-state index contributed by atoms with van der Waals surface area (Å²) in [5.74, 6) is 5.56. The predicted octanol–water partition coefficient (Wildman–Crippen LogP) is 4.82. The Labute approximate surface area is 185 Å². The molecule has 0 saturated heterocycles. The number of carbonyl (C=O) groups is 2. The van der Waals surface area contributed by atoms with Crippen molar-refractivity contribution in [1.82, 2.24) is 5.32 Å². The van der Waals surface area contributed by atoms with Gasteiger partial charge >= 0.3 is 12.1 Å². The first-order valence-electron chi connectivity index (χ1n) is 9.92. The van der Waals surface area contributed by atoms with Crippen molar-refractivity contribution in [3.8, 4) is 23.0 Å². The van der Waals surface area contributed by atoms with Crippen LogP contribution in [0.5, 0.6) is 0 Å². The average molecular weight is 432 g/mol. The summed E-state index contributed by atoms with van der Waals surface area (Å²) in [4.78, 5) is 24.3. The van der Waals surface area contributed by atoms with Gasteiger partial charge in [-0.15, -0.1) is 11.3 Å². The molecule has 5 nitrogen and oxygen atoms in total. The second-order valence-corrected chi connectivity index (χ2v) is 7.88. The Kier molecular flexibility index (Phi) is 6.34. The topological polar surface area (TPSA) is 64.6 Å². The number of fused-ring (bicyclic) bond motifs is 3. The number of alkyl carbamates (subject to hydrolysis) is 1. The van der Waals surface area contributed by atoms with Crippen molar-refractivity contribution in [3.05, 3.63) is 81.5 Å². The van der Waals surface area contributed by atoms with Gasteiger partial charge in [0.2, 0.25) is 0 Å². The molecular formula is C25H21NO4S. The van der Waals surface area contributed by atoms with Gasteiger partial charge in [-0.3, -0.25) is 0 Å². The first-order valence-corrected chi connectivity index (χ1v) is 10.8. The first-order chi connectivity index (χ1) is 15.2. The van der Waals surface area contributed by atoms with E-state index in [9.17, 15) is 9.59 Å². The zero-order valence-electron chi connectivity index (χ0n) is 17.0. The molecule has 3 aromatic rings. The number of thiophene rings is 1. The predicted molar refractivity (Wildman–Crippen MR) is 120 cm³/mol. The highest BCUT2D eigenvalue weighted by Gasteiger charge is 2.28. The van der Waals surface area contributed by atoms with Crippen LogP contribution in [0.25, 0.3) is 11.1 Å². The largest absolute Gasteiger partial charge is 0.465 e. The smallest absolute Gasteiger partial charge is 0.407 e. The van der Waals surface area contributed by atoms with Crippen LogP contribution in [0.4, 0.5) is 4.79 Å². The minimum absolute atomic E-state index is 0.0354. The number of esters is 1. The second kappa shape index (κ2) is 9.50. The molecule has 0 saturated carbocycles. The maximum absolute atomic E-state index is 12.2. The van der Waals surface area contributed by atoms with Gasteiger partial charge in [0, 0.05) is 24.4 Å². The lowest BCUT2D eigenvalue weighted by molar-refractivity contribution is 0.0606. The van der Waals surface area contributed by atoms with Crippen LogP contribution in [0.3, 0.4) is 0 Å². The molecule has 0 aliphatic heterocycles.